The van der Waals surface area contributed by atoms with Gasteiger partial charge >= 0.3 is 56.3 Å². The molecule has 0 bridgehead atoms. The number of ether oxygens (including phenoxy) is 10. The SMILES string of the molecule is C#CC#CC#CC#CC#CC#CC#CC#CC#C[Si](C#CC#CC#CC#CC#CC#CC#CC#CC#C)(OC1OC(COC(C)=O)C(OC(C)=O)C(OC(C)=O)C1OC(C)=O)OC1OC(COC(C)=O)C(OC(C)=O)C(OC(C)=O)C1OC(C)=O.[HH].[HH].[HH].[HH].[HH].[HH].[HH].[HH].[HH].[HH].[HH].[HH].[HH].[HH].[HH].[HH]. The van der Waals surface area contributed by atoms with Crippen LogP contribution in [0, 0.1) is 213 Å². The number of rotatable bonds is 14. The van der Waals surface area contributed by atoms with Crippen molar-refractivity contribution < 1.29 is 117 Å². The Bertz CT molecular complexity index is 3660. The zero-order valence-electron chi connectivity index (χ0n) is 46.0. The topological polar surface area (TPSA) is 247 Å². The lowest BCUT2D eigenvalue weighted by atomic mass is 9.98. The molecule has 0 aliphatic carbocycles. The molecule has 0 saturated carbocycles. The van der Waals surface area contributed by atoms with Crippen molar-refractivity contribution in [3.8, 4) is 213 Å². The van der Waals surface area contributed by atoms with Crippen LogP contribution in [0.4, 0.5) is 0 Å². The summed E-state index contributed by atoms with van der Waals surface area (Å²) < 4.78 is 69.5. The summed E-state index contributed by atoms with van der Waals surface area (Å²) in [4.78, 5) is 101. The molecule has 2 saturated heterocycles. The number of hydrogen-bond donors (Lipinski definition) is 0. The summed E-state index contributed by atoms with van der Waals surface area (Å²) in [6, 6.07) is 0. The fourth-order valence-corrected chi connectivity index (χ4v) is 8.02. The van der Waals surface area contributed by atoms with Crippen molar-refractivity contribution in [2.45, 2.75) is 117 Å². The standard InChI is InChI=1S/C64H40O20Si.16H2/c1-11-13-15-17-19-21-23-25-27-29-31-33-35-37-39-41-43-85(44-42-40-38-36-34-32-30-28-26-24-22-20-18-16-14-12-2,83-63-61(79-53(9)71)59(77-51(7)69)57(75-49(5)67)55(81-63)45-73-47(3)65)84-64-62(80-54(10)72)60(78-52(8)70)58(76-50(6)68)56(82-64)46-74-48(4)66;;;;;;;;;;;;;;;;/h1-2,55-64H,45-46H2,3-10H3;16*1H. The van der Waals surface area contributed by atoms with Gasteiger partial charge in [0.15, 0.2) is 49.2 Å². The molecule has 0 aromatic carbocycles. The van der Waals surface area contributed by atoms with E-state index in [1.54, 1.807) is 0 Å². The Balaban J connectivity index is -0.000000356. The lowest BCUT2D eigenvalue weighted by Gasteiger charge is -2.47. The van der Waals surface area contributed by atoms with Crippen molar-refractivity contribution in [3.63, 3.8) is 0 Å². The first-order chi connectivity index (χ1) is 40.7. The predicted octanol–water partition coefficient (Wildman–Crippen LogP) is 2.96. The lowest BCUT2D eigenvalue weighted by molar-refractivity contribution is -0.305. The zero-order valence-corrected chi connectivity index (χ0v) is 47.0. The molecule has 21 heteroatoms. The molecule has 2 aliphatic rings. The molecule has 0 amide bonds. The predicted molar refractivity (Wildman–Crippen MR) is 328 cm³/mol. The smallest absolute Gasteiger partial charge is 0.463 e. The summed E-state index contributed by atoms with van der Waals surface area (Å²) in [7, 11) is -5.30. The van der Waals surface area contributed by atoms with E-state index in [1.165, 1.54) is 0 Å². The summed E-state index contributed by atoms with van der Waals surface area (Å²) in [5.41, 5.74) is 5.31. The van der Waals surface area contributed by atoms with Crippen LogP contribution >= 0.6 is 0 Å². The van der Waals surface area contributed by atoms with E-state index in [4.69, 9.17) is 69.1 Å². The van der Waals surface area contributed by atoms with E-state index in [9.17, 15) is 38.4 Å². The maximum atomic E-state index is 13.0. The van der Waals surface area contributed by atoms with E-state index in [0.717, 1.165) is 55.4 Å². The van der Waals surface area contributed by atoms with Crippen LogP contribution < -0.4 is 0 Å². The third-order valence-corrected chi connectivity index (χ3v) is 10.8. The quantitative estimate of drug-likeness (QED) is 0.105. The van der Waals surface area contributed by atoms with Gasteiger partial charge in [0, 0.05) is 78.2 Å². The van der Waals surface area contributed by atoms with Gasteiger partial charge in [-0.1, -0.05) is 0 Å². The second kappa shape index (κ2) is 39.3. The summed E-state index contributed by atoms with van der Waals surface area (Å²) in [6.07, 6.45) is -8.50. The number of terminal acetylenes is 2. The van der Waals surface area contributed by atoms with Gasteiger partial charge in [0.1, 0.15) is 25.4 Å². The van der Waals surface area contributed by atoms with Crippen molar-refractivity contribution >= 4 is 56.3 Å². The van der Waals surface area contributed by atoms with Gasteiger partial charge in [0.25, 0.3) is 0 Å². The van der Waals surface area contributed by atoms with Gasteiger partial charge in [-0.2, -0.15) is 0 Å². The minimum Gasteiger partial charge on any atom is -0.463 e. The Morgan fingerprint density at radius 2 is 0.529 bits per heavy atom. The third-order valence-electron chi connectivity index (χ3n) is 8.81. The Morgan fingerprint density at radius 3 is 0.753 bits per heavy atom. The summed E-state index contributed by atoms with van der Waals surface area (Å²) in [5, 5.41) is 0. The van der Waals surface area contributed by atoms with Gasteiger partial charge in [0.05, 0.1) is 0 Å². The number of esters is 8. The minimum absolute atomic E-state index is 0. The van der Waals surface area contributed by atoms with E-state index in [0.29, 0.717) is 0 Å². The van der Waals surface area contributed by atoms with Crippen molar-refractivity contribution in [2.24, 2.45) is 0 Å². The highest BCUT2D eigenvalue weighted by Crippen LogP contribution is 2.35. The molecule has 2 fully saturated rings. The molecule has 0 spiro atoms. The average Bonchev–Trinajstić information content (AvgIpc) is 0.774. The lowest BCUT2D eigenvalue weighted by Crippen LogP contribution is -2.67. The van der Waals surface area contributed by atoms with E-state index in [2.05, 4.69) is 201 Å². The molecular formula is C64H72O20Si. The van der Waals surface area contributed by atoms with Gasteiger partial charge in [-0.15, -0.1) is 12.8 Å². The van der Waals surface area contributed by atoms with Gasteiger partial charge < -0.3 is 56.2 Å². The van der Waals surface area contributed by atoms with Crippen molar-refractivity contribution in [3.05, 3.63) is 0 Å². The van der Waals surface area contributed by atoms with Crippen LogP contribution in [0.25, 0.3) is 0 Å². The maximum Gasteiger partial charge on any atom is 0.516 e. The molecule has 452 valence electrons. The van der Waals surface area contributed by atoms with Crippen LogP contribution in [-0.4, -0.2) is 131 Å². The molecule has 2 rings (SSSR count). The summed E-state index contributed by atoms with van der Waals surface area (Å²) >= 11 is 0. The van der Waals surface area contributed by atoms with Gasteiger partial charge in [-0.3, -0.25) is 38.4 Å². The largest absolute Gasteiger partial charge is 0.516 e. The van der Waals surface area contributed by atoms with Crippen LogP contribution in [0.2, 0.25) is 0 Å². The molecule has 10 atom stereocenters. The first-order valence-corrected chi connectivity index (χ1v) is 25.5. The second-order valence-electron chi connectivity index (χ2n) is 15.3. The van der Waals surface area contributed by atoms with Crippen molar-refractivity contribution in [1.29, 1.82) is 0 Å². The molecular weight excluding hydrogens is 1120 g/mol. The molecule has 2 aliphatic heterocycles. The monoisotopic (exact) mass is 1190 g/mol. The van der Waals surface area contributed by atoms with Crippen LogP contribution in [0.5, 0.6) is 0 Å². The molecule has 0 aromatic heterocycles. The molecule has 0 aromatic rings. The molecule has 2 heterocycles. The van der Waals surface area contributed by atoms with E-state index >= 15 is 0 Å². The van der Waals surface area contributed by atoms with Gasteiger partial charge in [-0.05, 0) is 201 Å². The van der Waals surface area contributed by atoms with Crippen molar-refractivity contribution in [2.75, 3.05) is 13.2 Å². The number of hydrogen-bond acceptors (Lipinski definition) is 20. The molecule has 85 heavy (non-hydrogen) atoms. The average molecular weight is 1190 g/mol. The number of carbonyl (C=O) groups excluding carboxylic acids is 8. The third kappa shape index (κ3) is 29.1. The fourth-order valence-electron chi connectivity index (χ4n) is 6.18. The molecule has 0 N–H and O–H groups in total. The van der Waals surface area contributed by atoms with E-state index in [-0.39, 0.29) is 22.8 Å². The van der Waals surface area contributed by atoms with Crippen LogP contribution in [-0.2, 0) is 94.6 Å². The molecule has 10 unspecified atom stereocenters. The first kappa shape index (κ1) is 69.0. The Morgan fingerprint density at radius 1 is 0.318 bits per heavy atom. The summed E-state index contributed by atoms with van der Waals surface area (Å²) in [6.45, 7) is 6.41. The normalized spacial score (nSPS) is 18.9. The Labute approximate surface area is 516 Å². The van der Waals surface area contributed by atoms with Crippen LogP contribution in [0.15, 0.2) is 0 Å². The van der Waals surface area contributed by atoms with Crippen molar-refractivity contribution in [1.82, 2.24) is 0 Å². The second-order valence-corrected chi connectivity index (χ2v) is 17.5. The maximum absolute atomic E-state index is 13.0. The minimum atomic E-state index is -5.30. The fraction of sp³-hybridized carbons (Fsp3) is 0.312. The zero-order chi connectivity index (χ0) is 62.8. The first-order valence-electron chi connectivity index (χ1n) is 23.6. The highest BCUT2D eigenvalue weighted by Gasteiger charge is 2.59. The van der Waals surface area contributed by atoms with Crippen LogP contribution in [0.1, 0.15) is 78.2 Å². The van der Waals surface area contributed by atoms with E-state index in [1.807, 2.05) is 0 Å². The van der Waals surface area contributed by atoms with E-state index < -0.39 is 131 Å². The highest BCUT2D eigenvalue weighted by molar-refractivity contribution is 6.83. The van der Waals surface area contributed by atoms with Gasteiger partial charge in [0.2, 0.25) is 0 Å². The molecule has 0 radical (unpaired) electrons. The van der Waals surface area contributed by atoms with Crippen LogP contribution in [0.3, 0.4) is 0 Å². The summed E-state index contributed by atoms with van der Waals surface area (Å²) in [5.74, 6) is 68.8. The Kier molecular flexibility index (Phi) is 31.9. The highest BCUT2D eigenvalue weighted by atomic mass is 28.4. The molecule has 20 nitrogen and oxygen atoms in total. The Hall–Kier alpha value is -12.1. The number of carbonyl (C=O) groups is 8. The van der Waals surface area contributed by atoms with Gasteiger partial charge in [-0.25, -0.2) is 0 Å².